The van der Waals surface area contributed by atoms with Crippen molar-refractivity contribution in [3.63, 3.8) is 0 Å². The average Bonchev–Trinajstić information content (AvgIpc) is 2.91. The van der Waals surface area contributed by atoms with Gasteiger partial charge in [-0.05, 0) is 5.56 Å². The molecule has 1 aliphatic heterocycles. The van der Waals surface area contributed by atoms with Gasteiger partial charge < -0.3 is 14.7 Å². The first kappa shape index (κ1) is 14.1. The van der Waals surface area contributed by atoms with E-state index < -0.39 is 18.0 Å². The van der Waals surface area contributed by atoms with Crippen molar-refractivity contribution < 1.29 is 19.4 Å². The fraction of sp³-hybridized carbons (Fsp3) is 0.333. The number of hydrogen-bond donors (Lipinski definition) is 1. The summed E-state index contributed by atoms with van der Waals surface area (Å²) in [6.45, 7) is 4.13. The number of amides is 1. The molecule has 0 unspecified atom stereocenters. The molecule has 5 heteroatoms. The third-order valence-corrected chi connectivity index (χ3v) is 3.45. The Hall–Kier alpha value is -2.30. The number of ether oxygens (including phenoxy) is 1. The lowest BCUT2D eigenvalue weighted by atomic mass is 9.89. The van der Waals surface area contributed by atoms with Crippen molar-refractivity contribution in [3.8, 4) is 0 Å². The number of likely N-dealkylation sites (tertiary alicyclic amines) is 1. The predicted octanol–water partition coefficient (Wildman–Crippen LogP) is 2.11. The first-order chi connectivity index (χ1) is 9.63. The number of nitrogens with zero attached hydrogens (tertiary/aromatic N) is 1. The molecule has 0 radical (unpaired) electrons. The summed E-state index contributed by atoms with van der Waals surface area (Å²) in [4.78, 5) is 24.6. The largest absolute Gasteiger partial charge is 0.481 e. The second kappa shape index (κ2) is 6.23. The molecule has 0 aromatic heterocycles. The van der Waals surface area contributed by atoms with Crippen LogP contribution >= 0.6 is 0 Å². The van der Waals surface area contributed by atoms with Crippen molar-refractivity contribution in [1.82, 2.24) is 4.90 Å². The minimum atomic E-state index is -0.891. The Morgan fingerprint density at radius 2 is 2.05 bits per heavy atom. The monoisotopic (exact) mass is 275 g/mol. The van der Waals surface area contributed by atoms with Crippen molar-refractivity contribution in [2.45, 2.75) is 5.92 Å². The van der Waals surface area contributed by atoms with Crippen LogP contribution in [0, 0.1) is 5.92 Å². The third-order valence-electron chi connectivity index (χ3n) is 3.45. The molecule has 1 aliphatic rings. The maximum atomic E-state index is 11.8. The lowest BCUT2D eigenvalue weighted by Crippen LogP contribution is -2.30. The van der Waals surface area contributed by atoms with Gasteiger partial charge in [-0.25, -0.2) is 4.79 Å². The third kappa shape index (κ3) is 2.99. The number of carboxylic acids is 1. The van der Waals surface area contributed by atoms with Crippen LogP contribution in [0.2, 0.25) is 0 Å². The van der Waals surface area contributed by atoms with E-state index in [1.54, 1.807) is 0 Å². The highest BCUT2D eigenvalue weighted by atomic mass is 16.6. The van der Waals surface area contributed by atoms with E-state index in [9.17, 15) is 14.7 Å². The summed E-state index contributed by atoms with van der Waals surface area (Å²) in [6, 6.07) is 9.39. The van der Waals surface area contributed by atoms with Crippen LogP contribution in [0.25, 0.3) is 0 Å². The first-order valence-corrected chi connectivity index (χ1v) is 6.44. The van der Waals surface area contributed by atoms with Crippen molar-refractivity contribution >= 4 is 12.1 Å². The Morgan fingerprint density at radius 1 is 1.35 bits per heavy atom. The number of carbonyl (C=O) groups is 2. The zero-order chi connectivity index (χ0) is 14.5. The fourth-order valence-electron chi connectivity index (χ4n) is 2.46. The molecule has 1 fully saturated rings. The van der Waals surface area contributed by atoms with E-state index in [0.717, 1.165) is 5.56 Å². The van der Waals surface area contributed by atoms with E-state index in [0.29, 0.717) is 6.54 Å². The normalized spacial score (nSPS) is 21.5. The van der Waals surface area contributed by atoms with Gasteiger partial charge in [0.15, 0.2) is 0 Å². The molecule has 2 rings (SSSR count). The van der Waals surface area contributed by atoms with Crippen LogP contribution in [0.15, 0.2) is 43.0 Å². The van der Waals surface area contributed by atoms with E-state index >= 15 is 0 Å². The van der Waals surface area contributed by atoms with Gasteiger partial charge >= 0.3 is 12.1 Å². The molecule has 0 spiro atoms. The summed E-state index contributed by atoms with van der Waals surface area (Å²) in [7, 11) is 0. The maximum Gasteiger partial charge on any atom is 0.410 e. The molecule has 1 saturated heterocycles. The van der Waals surface area contributed by atoms with Crippen LogP contribution < -0.4 is 0 Å². The molecular weight excluding hydrogens is 258 g/mol. The van der Waals surface area contributed by atoms with Gasteiger partial charge in [0.25, 0.3) is 0 Å². The molecule has 0 bridgehead atoms. The van der Waals surface area contributed by atoms with E-state index in [-0.39, 0.29) is 19.1 Å². The molecule has 1 aromatic rings. The Labute approximate surface area is 117 Å². The summed E-state index contributed by atoms with van der Waals surface area (Å²) in [6.07, 6.45) is 0.992. The van der Waals surface area contributed by atoms with Crippen LogP contribution in [0.3, 0.4) is 0 Å². The predicted molar refractivity (Wildman–Crippen MR) is 73.4 cm³/mol. The van der Waals surface area contributed by atoms with Gasteiger partial charge in [-0.1, -0.05) is 43.0 Å². The zero-order valence-electron chi connectivity index (χ0n) is 11.1. The van der Waals surface area contributed by atoms with Gasteiger partial charge in [0, 0.05) is 19.0 Å². The Kier molecular flexibility index (Phi) is 4.40. The first-order valence-electron chi connectivity index (χ1n) is 6.44. The number of aliphatic carboxylic acids is 1. The minimum Gasteiger partial charge on any atom is -0.481 e. The molecule has 1 N–H and O–H groups in total. The second-order valence-corrected chi connectivity index (χ2v) is 4.73. The highest BCUT2D eigenvalue weighted by Crippen LogP contribution is 2.33. The second-order valence-electron chi connectivity index (χ2n) is 4.73. The summed E-state index contributed by atoms with van der Waals surface area (Å²) >= 11 is 0. The highest BCUT2D eigenvalue weighted by Gasteiger charge is 2.40. The number of benzene rings is 1. The van der Waals surface area contributed by atoms with Crippen molar-refractivity contribution in [1.29, 1.82) is 0 Å². The van der Waals surface area contributed by atoms with E-state index in [2.05, 4.69) is 6.58 Å². The molecule has 0 aliphatic carbocycles. The standard InChI is InChI=1S/C15H17NO4/c1-2-8-20-15(19)16-9-12(13(10-16)14(17)18)11-6-4-3-5-7-11/h2-7,12-13H,1,8-10H2,(H,17,18)/t12-,13-/m1/s1. The van der Waals surface area contributed by atoms with Crippen molar-refractivity contribution in [3.05, 3.63) is 48.6 Å². The van der Waals surface area contributed by atoms with Gasteiger partial charge in [0.05, 0.1) is 5.92 Å². The van der Waals surface area contributed by atoms with Gasteiger partial charge in [0.1, 0.15) is 6.61 Å². The number of carboxylic acid groups (broad SMARTS) is 1. The van der Waals surface area contributed by atoms with Crippen LogP contribution in [0.5, 0.6) is 0 Å². The lowest BCUT2D eigenvalue weighted by molar-refractivity contribution is -0.141. The molecular formula is C15H17NO4. The molecule has 1 amide bonds. The topological polar surface area (TPSA) is 66.8 Å². The van der Waals surface area contributed by atoms with Gasteiger partial charge in [0.2, 0.25) is 0 Å². The smallest absolute Gasteiger partial charge is 0.410 e. The van der Waals surface area contributed by atoms with Crippen molar-refractivity contribution in [2.75, 3.05) is 19.7 Å². The molecule has 5 nitrogen and oxygen atoms in total. The Bertz CT molecular complexity index is 500. The van der Waals surface area contributed by atoms with Crippen LogP contribution in [0.1, 0.15) is 11.5 Å². The SMILES string of the molecule is C=CCOC(=O)N1C[C@H](c2ccccc2)[C@H](C(=O)O)C1. The summed E-state index contributed by atoms with van der Waals surface area (Å²) in [5.74, 6) is -1.70. The van der Waals surface area contributed by atoms with Crippen LogP contribution in [0.4, 0.5) is 4.79 Å². The van der Waals surface area contributed by atoms with Gasteiger partial charge in [-0.2, -0.15) is 0 Å². The molecule has 106 valence electrons. The molecule has 1 aromatic carbocycles. The molecule has 1 heterocycles. The summed E-state index contributed by atoms with van der Waals surface area (Å²) in [5, 5.41) is 9.33. The quantitative estimate of drug-likeness (QED) is 0.855. The van der Waals surface area contributed by atoms with E-state index in [1.165, 1.54) is 11.0 Å². The minimum absolute atomic E-state index is 0.128. The van der Waals surface area contributed by atoms with E-state index in [1.807, 2.05) is 30.3 Å². The maximum absolute atomic E-state index is 11.8. The molecule has 20 heavy (non-hydrogen) atoms. The summed E-state index contributed by atoms with van der Waals surface area (Å²) < 4.78 is 4.96. The number of rotatable bonds is 4. The number of carbonyl (C=O) groups excluding carboxylic acids is 1. The number of hydrogen-bond acceptors (Lipinski definition) is 3. The van der Waals surface area contributed by atoms with Crippen LogP contribution in [-0.4, -0.2) is 41.8 Å². The van der Waals surface area contributed by atoms with Gasteiger partial charge in [-0.3, -0.25) is 4.79 Å². The average molecular weight is 275 g/mol. The Morgan fingerprint density at radius 3 is 2.65 bits per heavy atom. The molecule has 0 saturated carbocycles. The fourth-order valence-corrected chi connectivity index (χ4v) is 2.46. The molecule has 2 atom stereocenters. The lowest BCUT2D eigenvalue weighted by Gasteiger charge is -2.15. The van der Waals surface area contributed by atoms with Crippen LogP contribution in [-0.2, 0) is 9.53 Å². The zero-order valence-corrected chi connectivity index (χ0v) is 11.1. The Balaban J connectivity index is 2.13. The van der Waals surface area contributed by atoms with E-state index in [4.69, 9.17) is 4.74 Å². The van der Waals surface area contributed by atoms with Gasteiger partial charge in [-0.15, -0.1) is 0 Å². The highest BCUT2D eigenvalue weighted by molar-refractivity contribution is 5.75. The van der Waals surface area contributed by atoms with Crippen molar-refractivity contribution in [2.24, 2.45) is 5.92 Å². The summed E-state index contributed by atoms with van der Waals surface area (Å²) in [5.41, 5.74) is 0.930.